The van der Waals surface area contributed by atoms with Gasteiger partial charge in [-0.3, -0.25) is 14.5 Å². The Labute approximate surface area is 176 Å². The number of carbonyl (C=O) groups is 2. The quantitative estimate of drug-likeness (QED) is 0.578. The van der Waals surface area contributed by atoms with E-state index in [-0.39, 0.29) is 18.5 Å². The molecular weight excluding hydrogens is 384 g/mol. The van der Waals surface area contributed by atoms with Crippen molar-refractivity contribution in [1.29, 1.82) is 0 Å². The molecule has 4 heterocycles. The standard InChI is InChI=1S/C23H28N2O5/c1-4-15-12-25-10-9-22-16-7-5-6-8-18(16)24-23(22,25)19(27)11-17(15)21(22,20(28)29-3)13-30-14(2)26/h4-8,17,19,24,27H,9-13H2,1-3H3/b15-4-/t17-,19-,21-,22-,23?/m0/s1. The zero-order valence-corrected chi connectivity index (χ0v) is 17.6. The number of methoxy groups -OCH3 is 1. The maximum atomic E-state index is 13.8. The van der Waals surface area contributed by atoms with Gasteiger partial charge in [-0.05, 0) is 31.4 Å². The van der Waals surface area contributed by atoms with Crippen LogP contribution in [0.2, 0.25) is 0 Å². The molecule has 6 rings (SSSR count). The van der Waals surface area contributed by atoms with Crippen LogP contribution in [0.15, 0.2) is 35.9 Å². The number of aliphatic hydroxyl groups excluding tert-OH is 1. The minimum Gasteiger partial charge on any atom is -0.468 e. The second kappa shape index (κ2) is 6.31. The van der Waals surface area contributed by atoms with Crippen molar-refractivity contribution in [1.82, 2.24) is 4.90 Å². The third-order valence-electron chi connectivity index (χ3n) is 8.16. The van der Waals surface area contributed by atoms with E-state index in [2.05, 4.69) is 10.2 Å². The molecule has 4 fully saturated rings. The number of nitrogens with zero attached hydrogens (tertiary/aromatic N) is 1. The summed E-state index contributed by atoms with van der Waals surface area (Å²) in [6.45, 7) is 4.63. The molecule has 0 aromatic heterocycles. The van der Waals surface area contributed by atoms with Gasteiger partial charge < -0.3 is 19.9 Å². The number of benzene rings is 1. The molecule has 1 spiro atoms. The molecule has 1 aliphatic carbocycles. The van der Waals surface area contributed by atoms with Crippen molar-refractivity contribution in [3.05, 3.63) is 41.5 Å². The molecule has 7 nitrogen and oxygen atoms in total. The Kier molecular flexibility index (Phi) is 4.12. The van der Waals surface area contributed by atoms with Crippen LogP contribution in [0, 0.1) is 11.3 Å². The smallest absolute Gasteiger partial charge is 0.316 e. The molecule has 0 radical (unpaired) electrons. The second-order valence-electron chi connectivity index (χ2n) is 8.92. The first-order valence-corrected chi connectivity index (χ1v) is 10.6. The SMILES string of the molecule is C/C=C1/CN2CC[C@@]34c5ccccc5NC23[C@@H](O)C[C@@H]1[C@@]4(COC(C)=O)C(=O)OC. The summed E-state index contributed by atoms with van der Waals surface area (Å²) >= 11 is 0. The molecule has 0 amide bonds. The van der Waals surface area contributed by atoms with E-state index in [4.69, 9.17) is 9.47 Å². The van der Waals surface area contributed by atoms with Gasteiger partial charge in [0.25, 0.3) is 0 Å². The lowest BCUT2D eigenvalue weighted by atomic mass is 9.45. The van der Waals surface area contributed by atoms with E-state index >= 15 is 0 Å². The Balaban J connectivity index is 1.89. The van der Waals surface area contributed by atoms with Crippen molar-refractivity contribution in [2.75, 3.05) is 32.1 Å². The van der Waals surface area contributed by atoms with E-state index in [0.717, 1.165) is 23.4 Å². The van der Waals surface area contributed by atoms with E-state index in [9.17, 15) is 14.7 Å². The lowest BCUT2D eigenvalue weighted by Gasteiger charge is -2.59. The predicted octanol–water partition coefficient (Wildman–Crippen LogP) is 1.82. The van der Waals surface area contributed by atoms with Crippen molar-refractivity contribution in [3.63, 3.8) is 0 Å². The Hall–Kier alpha value is -2.38. The third kappa shape index (κ3) is 1.93. The maximum absolute atomic E-state index is 13.8. The average molecular weight is 412 g/mol. The summed E-state index contributed by atoms with van der Waals surface area (Å²) in [7, 11) is 1.40. The van der Waals surface area contributed by atoms with Crippen molar-refractivity contribution >= 4 is 17.6 Å². The first-order valence-electron chi connectivity index (χ1n) is 10.6. The number of rotatable bonds is 3. The van der Waals surface area contributed by atoms with E-state index in [1.54, 1.807) is 0 Å². The number of carbonyl (C=O) groups excluding carboxylic acids is 2. The van der Waals surface area contributed by atoms with Crippen LogP contribution in [0.1, 0.15) is 32.3 Å². The van der Waals surface area contributed by atoms with Crippen LogP contribution in [0.4, 0.5) is 5.69 Å². The van der Waals surface area contributed by atoms with Gasteiger partial charge in [-0.2, -0.15) is 0 Å². The fourth-order valence-corrected chi connectivity index (χ4v) is 7.20. The number of anilines is 1. The number of aliphatic hydroxyl groups is 1. The van der Waals surface area contributed by atoms with Crippen molar-refractivity contribution < 1.29 is 24.2 Å². The average Bonchev–Trinajstić information content (AvgIpc) is 3.17. The van der Waals surface area contributed by atoms with Crippen molar-refractivity contribution in [2.45, 2.75) is 43.9 Å². The molecule has 1 aromatic carbocycles. The van der Waals surface area contributed by atoms with E-state index in [1.807, 2.05) is 37.3 Å². The molecule has 3 saturated heterocycles. The van der Waals surface area contributed by atoms with Gasteiger partial charge in [-0.25, -0.2) is 0 Å². The summed E-state index contributed by atoms with van der Waals surface area (Å²) in [5.41, 5.74) is 0.210. The molecule has 160 valence electrons. The normalized spacial score (nSPS) is 41.6. The molecule has 30 heavy (non-hydrogen) atoms. The molecule has 2 N–H and O–H groups in total. The van der Waals surface area contributed by atoms with Gasteiger partial charge in [0.1, 0.15) is 17.7 Å². The summed E-state index contributed by atoms with van der Waals surface area (Å²) in [4.78, 5) is 28.0. The minimum atomic E-state index is -1.14. The lowest BCUT2D eigenvalue weighted by Crippen LogP contribution is -2.75. The zero-order chi connectivity index (χ0) is 21.3. The molecule has 1 saturated carbocycles. The second-order valence-corrected chi connectivity index (χ2v) is 8.92. The van der Waals surface area contributed by atoms with E-state index in [0.29, 0.717) is 19.4 Å². The highest BCUT2D eigenvalue weighted by Gasteiger charge is 2.83. The minimum absolute atomic E-state index is 0.0741. The molecule has 7 heteroatoms. The number of allylic oxidation sites excluding steroid dienone is 1. The van der Waals surface area contributed by atoms with Crippen LogP contribution in [0.25, 0.3) is 0 Å². The number of para-hydroxylation sites is 1. The number of hydrogen-bond acceptors (Lipinski definition) is 7. The van der Waals surface area contributed by atoms with Gasteiger partial charge in [0.2, 0.25) is 0 Å². The molecule has 4 bridgehead atoms. The number of hydrogen-bond donors (Lipinski definition) is 2. The Morgan fingerprint density at radius 3 is 2.83 bits per heavy atom. The molecule has 2 unspecified atom stereocenters. The number of ether oxygens (including phenoxy) is 2. The molecule has 6 atom stereocenters. The first kappa shape index (κ1) is 19.6. The van der Waals surface area contributed by atoms with Crippen LogP contribution in [0.5, 0.6) is 0 Å². The number of fused-ring (bicyclic) bond motifs is 3. The van der Waals surface area contributed by atoms with E-state index < -0.39 is 28.6 Å². The highest BCUT2D eigenvalue weighted by Crippen LogP contribution is 2.72. The van der Waals surface area contributed by atoms with Gasteiger partial charge in [0, 0.05) is 31.6 Å². The highest BCUT2D eigenvalue weighted by molar-refractivity contribution is 5.86. The first-order chi connectivity index (χ1) is 14.4. The molecule has 4 aliphatic heterocycles. The van der Waals surface area contributed by atoms with Crippen LogP contribution in [-0.2, 0) is 24.5 Å². The Morgan fingerprint density at radius 1 is 1.37 bits per heavy atom. The van der Waals surface area contributed by atoms with E-state index in [1.165, 1.54) is 14.0 Å². The topological polar surface area (TPSA) is 88.1 Å². The van der Waals surface area contributed by atoms with Crippen molar-refractivity contribution in [2.24, 2.45) is 11.3 Å². The Morgan fingerprint density at radius 2 is 2.13 bits per heavy atom. The summed E-state index contributed by atoms with van der Waals surface area (Å²) in [6, 6.07) is 7.95. The summed E-state index contributed by atoms with van der Waals surface area (Å²) in [5, 5.41) is 15.2. The van der Waals surface area contributed by atoms with Gasteiger partial charge in [0.15, 0.2) is 0 Å². The number of esters is 2. The summed E-state index contributed by atoms with van der Waals surface area (Å²) in [6.07, 6.45) is 2.42. The molecule has 1 aromatic rings. The third-order valence-corrected chi connectivity index (χ3v) is 8.16. The molecule has 5 aliphatic rings. The van der Waals surface area contributed by atoms with Crippen LogP contribution < -0.4 is 5.32 Å². The van der Waals surface area contributed by atoms with Gasteiger partial charge >= 0.3 is 11.9 Å². The summed E-state index contributed by atoms with van der Waals surface area (Å²) < 4.78 is 11.1. The lowest BCUT2D eigenvalue weighted by molar-refractivity contribution is -0.189. The highest BCUT2D eigenvalue weighted by atomic mass is 16.5. The van der Waals surface area contributed by atoms with Crippen LogP contribution >= 0.6 is 0 Å². The zero-order valence-electron chi connectivity index (χ0n) is 17.6. The summed E-state index contributed by atoms with van der Waals surface area (Å²) in [5.74, 6) is -1.11. The largest absolute Gasteiger partial charge is 0.468 e. The Bertz CT molecular complexity index is 961. The van der Waals surface area contributed by atoms with Gasteiger partial charge in [0.05, 0.1) is 18.6 Å². The fraction of sp³-hybridized carbons (Fsp3) is 0.565. The van der Waals surface area contributed by atoms with Crippen LogP contribution in [-0.4, -0.2) is 60.5 Å². The maximum Gasteiger partial charge on any atom is 0.316 e. The monoisotopic (exact) mass is 412 g/mol. The van der Waals surface area contributed by atoms with Crippen molar-refractivity contribution in [3.8, 4) is 0 Å². The van der Waals surface area contributed by atoms with Crippen LogP contribution in [0.3, 0.4) is 0 Å². The molecular formula is C23H28N2O5. The van der Waals surface area contributed by atoms with Gasteiger partial charge in [-0.1, -0.05) is 29.8 Å². The number of nitrogens with one attached hydrogen (secondary N) is 1. The van der Waals surface area contributed by atoms with Gasteiger partial charge in [-0.15, -0.1) is 0 Å². The predicted molar refractivity (Wildman–Crippen MR) is 110 cm³/mol. The fourth-order valence-electron chi connectivity index (χ4n) is 7.20.